The van der Waals surface area contributed by atoms with Crippen molar-refractivity contribution in [1.82, 2.24) is 25.3 Å². The first kappa shape index (κ1) is 19.9. The number of nitrogen functional groups attached to an aromatic ring is 1. The van der Waals surface area contributed by atoms with Crippen molar-refractivity contribution in [2.24, 2.45) is 5.10 Å². The Morgan fingerprint density at radius 2 is 2.03 bits per heavy atom. The Labute approximate surface area is 176 Å². The van der Waals surface area contributed by atoms with Gasteiger partial charge >= 0.3 is 0 Å². The average Bonchev–Trinajstić information content (AvgIpc) is 3.36. The molecular formula is C20H19N7O4. The van der Waals surface area contributed by atoms with Crippen LogP contribution in [0.15, 0.2) is 52.2 Å². The van der Waals surface area contributed by atoms with Gasteiger partial charge in [-0.2, -0.15) is 5.10 Å². The number of benzene rings is 2. The van der Waals surface area contributed by atoms with Crippen molar-refractivity contribution in [1.29, 1.82) is 0 Å². The second kappa shape index (κ2) is 8.53. The molecule has 31 heavy (non-hydrogen) atoms. The third-order valence-electron chi connectivity index (χ3n) is 4.51. The number of carbonyl (C=O) groups excluding carboxylic acids is 1. The smallest absolute Gasteiger partial charge is 0.260 e. The van der Waals surface area contributed by atoms with Crippen molar-refractivity contribution >= 4 is 29.0 Å². The highest BCUT2D eigenvalue weighted by molar-refractivity contribution is 5.88. The number of nitrogens with two attached hydrogens (primary N) is 1. The molecular weight excluding hydrogens is 402 g/mol. The van der Waals surface area contributed by atoms with E-state index in [2.05, 4.69) is 30.5 Å². The van der Waals surface area contributed by atoms with Crippen molar-refractivity contribution in [3.05, 3.63) is 48.0 Å². The number of fused-ring (bicyclic) bond motifs is 1. The molecule has 2 aromatic heterocycles. The molecule has 11 heteroatoms. The van der Waals surface area contributed by atoms with E-state index in [1.807, 2.05) is 24.3 Å². The van der Waals surface area contributed by atoms with E-state index in [0.29, 0.717) is 28.4 Å². The van der Waals surface area contributed by atoms with E-state index in [4.69, 9.17) is 15.2 Å². The summed E-state index contributed by atoms with van der Waals surface area (Å²) in [7, 11) is 3.08. The fourth-order valence-electron chi connectivity index (χ4n) is 3.13. The van der Waals surface area contributed by atoms with E-state index in [1.165, 1.54) is 13.3 Å². The number of nitrogens with zero attached hydrogens (tertiary/aromatic N) is 5. The third-order valence-corrected chi connectivity index (χ3v) is 4.51. The van der Waals surface area contributed by atoms with Gasteiger partial charge in [0, 0.05) is 5.56 Å². The van der Waals surface area contributed by atoms with Gasteiger partial charge in [0.1, 0.15) is 6.54 Å². The van der Waals surface area contributed by atoms with Crippen LogP contribution in [0.5, 0.6) is 11.5 Å². The van der Waals surface area contributed by atoms with Gasteiger partial charge in [-0.3, -0.25) is 4.79 Å². The molecule has 3 N–H and O–H groups in total. The number of amides is 1. The molecule has 4 aromatic rings. The molecule has 4 rings (SSSR count). The predicted octanol–water partition coefficient (Wildman–Crippen LogP) is 1.84. The first-order valence-corrected chi connectivity index (χ1v) is 9.19. The largest absolute Gasteiger partial charge is 0.493 e. The molecule has 0 aliphatic rings. The Hall–Kier alpha value is -4.41. The quantitative estimate of drug-likeness (QED) is 0.340. The van der Waals surface area contributed by atoms with Crippen molar-refractivity contribution in [2.45, 2.75) is 6.54 Å². The van der Waals surface area contributed by atoms with E-state index < -0.39 is 0 Å². The standard InChI is InChI=1S/C20H19N7O4/c1-29-15-9-5-6-12(18(15)30-2)10-22-24-16(28)11-27-14-8-4-3-7-13(14)23-20(27)17-19(21)26-31-25-17/h3-10H,11H2,1-2H3,(H2,21,26)(H,24,28)/b22-10-. The van der Waals surface area contributed by atoms with Gasteiger partial charge in [0.25, 0.3) is 5.91 Å². The lowest BCUT2D eigenvalue weighted by atomic mass is 10.2. The second-order valence-electron chi connectivity index (χ2n) is 6.38. The number of para-hydroxylation sites is 3. The number of anilines is 1. The molecule has 0 radical (unpaired) electrons. The number of ether oxygens (including phenoxy) is 2. The Kier molecular flexibility index (Phi) is 5.47. The summed E-state index contributed by atoms with van der Waals surface area (Å²) in [6.45, 7) is -0.0747. The van der Waals surface area contributed by atoms with Crippen LogP contribution in [0.4, 0.5) is 5.82 Å². The van der Waals surface area contributed by atoms with E-state index in [1.54, 1.807) is 29.9 Å². The van der Waals surface area contributed by atoms with Crippen LogP contribution in [0, 0.1) is 0 Å². The summed E-state index contributed by atoms with van der Waals surface area (Å²) in [6, 6.07) is 12.7. The summed E-state index contributed by atoms with van der Waals surface area (Å²) in [5, 5.41) is 11.4. The zero-order valence-electron chi connectivity index (χ0n) is 16.8. The van der Waals surface area contributed by atoms with Crippen molar-refractivity contribution in [3.63, 3.8) is 0 Å². The van der Waals surface area contributed by atoms with Crippen LogP contribution in [0.2, 0.25) is 0 Å². The van der Waals surface area contributed by atoms with E-state index >= 15 is 0 Å². The number of imidazole rings is 1. The number of hydrogen-bond donors (Lipinski definition) is 2. The Morgan fingerprint density at radius 3 is 2.77 bits per heavy atom. The molecule has 2 heterocycles. The highest BCUT2D eigenvalue weighted by Gasteiger charge is 2.20. The fourth-order valence-corrected chi connectivity index (χ4v) is 3.13. The fraction of sp³-hybridized carbons (Fsp3) is 0.150. The third kappa shape index (κ3) is 3.88. The van der Waals surface area contributed by atoms with Gasteiger partial charge in [0.2, 0.25) is 0 Å². The lowest BCUT2D eigenvalue weighted by molar-refractivity contribution is -0.121. The zero-order valence-corrected chi connectivity index (χ0v) is 16.8. The van der Waals surface area contributed by atoms with Gasteiger partial charge in [-0.1, -0.05) is 18.2 Å². The molecule has 0 fully saturated rings. The number of hydrogen-bond acceptors (Lipinski definition) is 9. The molecule has 0 bridgehead atoms. The minimum Gasteiger partial charge on any atom is -0.493 e. The zero-order chi connectivity index (χ0) is 21.8. The summed E-state index contributed by atoms with van der Waals surface area (Å²) < 4.78 is 17.0. The van der Waals surface area contributed by atoms with Gasteiger partial charge in [-0.15, -0.1) is 0 Å². The van der Waals surface area contributed by atoms with Gasteiger partial charge in [-0.05, 0) is 34.6 Å². The summed E-state index contributed by atoms with van der Waals surface area (Å²) in [4.78, 5) is 17.1. The summed E-state index contributed by atoms with van der Waals surface area (Å²) in [6.07, 6.45) is 1.48. The molecule has 0 aliphatic heterocycles. The van der Waals surface area contributed by atoms with Gasteiger partial charge in [-0.25, -0.2) is 15.0 Å². The maximum atomic E-state index is 12.6. The van der Waals surface area contributed by atoms with Crippen LogP contribution >= 0.6 is 0 Å². The van der Waals surface area contributed by atoms with Crippen LogP contribution in [0.1, 0.15) is 5.56 Å². The van der Waals surface area contributed by atoms with Crippen LogP contribution in [0.25, 0.3) is 22.6 Å². The predicted molar refractivity (Wildman–Crippen MR) is 113 cm³/mol. The van der Waals surface area contributed by atoms with Crippen LogP contribution in [-0.4, -0.2) is 46.2 Å². The van der Waals surface area contributed by atoms with Crippen LogP contribution in [-0.2, 0) is 11.3 Å². The van der Waals surface area contributed by atoms with Crippen molar-refractivity contribution < 1.29 is 18.9 Å². The van der Waals surface area contributed by atoms with Crippen LogP contribution < -0.4 is 20.6 Å². The van der Waals surface area contributed by atoms with E-state index in [0.717, 1.165) is 5.52 Å². The molecule has 0 unspecified atom stereocenters. The lowest BCUT2D eigenvalue weighted by Gasteiger charge is -2.09. The Bertz CT molecular complexity index is 1260. The first-order chi connectivity index (χ1) is 15.1. The molecule has 0 atom stereocenters. The summed E-state index contributed by atoms with van der Waals surface area (Å²) >= 11 is 0. The molecule has 158 valence electrons. The lowest BCUT2D eigenvalue weighted by Crippen LogP contribution is -2.23. The van der Waals surface area contributed by atoms with Crippen LogP contribution in [0.3, 0.4) is 0 Å². The maximum absolute atomic E-state index is 12.6. The number of hydrazone groups is 1. The van der Waals surface area contributed by atoms with Gasteiger partial charge < -0.3 is 19.8 Å². The number of nitrogens with one attached hydrogen (secondary N) is 1. The molecule has 2 aromatic carbocycles. The van der Waals surface area contributed by atoms with Gasteiger partial charge in [0.15, 0.2) is 28.8 Å². The first-order valence-electron chi connectivity index (χ1n) is 9.19. The molecule has 1 amide bonds. The second-order valence-corrected chi connectivity index (χ2v) is 6.38. The molecule has 0 saturated heterocycles. The van der Waals surface area contributed by atoms with E-state index in [-0.39, 0.29) is 24.0 Å². The SMILES string of the molecule is COc1cccc(/C=N\NC(=O)Cn2c(-c3nonc3N)nc3ccccc32)c1OC. The van der Waals surface area contributed by atoms with Gasteiger partial charge in [0.05, 0.1) is 31.5 Å². The number of rotatable bonds is 7. The molecule has 0 saturated carbocycles. The number of methoxy groups -OCH3 is 2. The highest BCUT2D eigenvalue weighted by Crippen LogP contribution is 2.29. The minimum absolute atomic E-state index is 0.0747. The molecule has 11 nitrogen and oxygen atoms in total. The van der Waals surface area contributed by atoms with Crippen molar-refractivity contribution in [2.75, 3.05) is 20.0 Å². The normalized spacial score (nSPS) is 11.2. The topological polar surface area (TPSA) is 143 Å². The highest BCUT2D eigenvalue weighted by atomic mass is 16.6. The monoisotopic (exact) mass is 421 g/mol. The average molecular weight is 421 g/mol. The maximum Gasteiger partial charge on any atom is 0.260 e. The summed E-state index contributed by atoms with van der Waals surface area (Å²) in [5.74, 6) is 1.15. The van der Waals surface area contributed by atoms with Crippen molar-refractivity contribution in [3.8, 4) is 23.0 Å². The van der Waals surface area contributed by atoms with E-state index in [9.17, 15) is 4.79 Å². The minimum atomic E-state index is -0.377. The summed E-state index contributed by atoms with van der Waals surface area (Å²) in [5.41, 5.74) is 10.6. The molecule has 0 aliphatic carbocycles. The Morgan fingerprint density at radius 1 is 1.19 bits per heavy atom. The number of aromatic nitrogens is 4. The Balaban J connectivity index is 1.57. The number of carbonyl (C=O) groups is 1. The molecule has 0 spiro atoms.